The van der Waals surface area contributed by atoms with E-state index in [4.69, 9.17) is 0 Å². The molecular formula is C14H26N2S. The third-order valence-electron chi connectivity index (χ3n) is 3.19. The monoisotopic (exact) mass is 254 g/mol. The minimum Gasteiger partial charge on any atom is -0.311 e. The third kappa shape index (κ3) is 6.18. The number of nitrogens with zero attached hydrogens (tertiary/aromatic N) is 1. The van der Waals surface area contributed by atoms with Crippen LogP contribution in [0.2, 0.25) is 0 Å². The van der Waals surface area contributed by atoms with Crippen molar-refractivity contribution < 1.29 is 0 Å². The molecule has 0 saturated heterocycles. The maximum atomic E-state index is 4.38. The summed E-state index contributed by atoms with van der Waals surface area (Å²) in [5, 5.41) is 6.66. The van der Waals surface area contributed by atoms with E-state index < -0.39 is 0 Å². The first-order valence-electron chi connectivity index (χ1n) is 6.95. The molecule has 1 aromatic rings. The molecule has 1 rings (SSSR count). The molecular weight excluding hydrogens is 228 g/mol. The summed E-state index contributed by atoms with van der Waals surface area (Å²) in [6, 6.07) is 0.464. The molecule has 0 aliphatic heterocycles. The van der Waals surface area contributed by atoms with Crippen LogP contribution in [0.5, 0.6) is 0 Å². The van der Waals surface area contributed by atoms with Crippen LogP contribution in [-0.4, -0.2) is 12.0 Å². The smallest absolute Gasteiger partial charge is 0.109 e. The lowest BCUT2D eigenvalue weighted by atomic mass is 10.1. The minimum absolute atomic E-state index is 0.464. The summed E-state index contributed by atoms with van der Waals surface area (Å²) in [4.78, 5) is 4.38. The van der Waals surface area contributed by atoms with Crippen LogP contribution in [0.3, 0.4) is 0 Å². The number of aromatic nitrogens is 1. The fourth-order valence-corrected chi connectivity index (χ4v) is 2.89. The number of unbranched alkanes of at least 4 members (excludes halogenated alkanes) is 6. The molecule has 0 aliphatic rings. The maximum absolute atomic E-state index is 4.38. The highest BCUT2D eigenvalue weighted by molar-refractivity contribution is 7.09. The zero-order valence-electron chi connectivity index (χ0n) is 11.2. The molecule has 0 fully saturated rings. The fourth-order valence-electron chi connectivity index (χ4n) is 2.10. The molecule has 0 aromatic carbocycles. The number of hydrogen-bond donors (Lipinski definition) is 1. The van der Waals surface area contributed by atoms with Gasteiger partial charge in [0.25, 0.3) is 0 Å². The van der Waals surface area contributed by atoms with Crippen LogP contribution in [0.1, 0.15) is 69.3 Å². The van der Waals surface area contributed by atoms with Crippen molar-refractivity contribution in [1.29, 1.82) is 0 Å². The largest absolute Gasteiger partial charge is 0.311 e. The second kappa shape index (κ2) is 9.60. The molecule has 3 heteroatoms. The molecule has 1 aromatic heterocycles. The highest BCUT2D eigenvalue weighted by atomic mass is 32.1. The van der Waals surface area contributed by atoms with E-state index in [9.17, 15) is 0 Å². The van der Waals surface area contributed by atoms with Gasteiger partial charge in [0.1, 0.15) is 5.01 Å². The van der Waals surface area contributed by atoms with Crippen molar-refractivity contribution >= 4 is 11.3 Å². The second-order valence-corrected chi connectivity index (χ2v) is 5.55. The zero-order chi connectivity index (χ0) is 12.3. The summed E-state index contributed by atoms with van der Waals surface area (Å²) in [5.74, 6) is 0. The summed E-state index contributed by atoms with van der Waals surface area (Å²) in [7, 11) is 2.04. The van der Waals surface area contributed by atoms with Crippen LogP contribution < -0.4 is 5.32 Å². The quantitative estimate of drug-likeness (QED) is 0.620. The Morgan fingerprint density at radius 3 is 2.47 bits per heavy atom. The molecule has 1 unspecified atom stereocenters. The first-order valence-corrected chi connectivity index (χ1v) is 7.83. The molecule has 0 radical (unpaired) electrons. The SMILES string of the molecule is CCCCCCCCCC(NC)c1nccs1. The average molecular weight is 254 g/mol. The summed E-state index contributed by atoms with van der Waals surface area (Å²) >= 11 is 1.76. The number of rotatable bonds is 10. The Hall–Kier alpha value is -0.410. The van der Waals surface area contributed by atoms with Gasteiger partial charge in [-0.2, -0.15) is 0 Å². The Bertz CT molecular complexity index is 259. The number of nitrogens with one attached hydrogen (secondary N) is 1. The molecule has 1 heterocycles. The van der Waals surface area contributed by atoms with E-state index >= 15 is 0 Å². The van der Waals surface area contributed by atoms with Crippen LogP contribution in [0.25, 0.3) is 0 Å². The molecule has 0 amide bonds. The average Bonchev–Trinajstić information content (AvgIpc) is 2.86. The lowest BCUT2D eigenvalue weighted by Crippen LogP contribution is -2.15. The maximum Gasteiger partial charge on any atom is 0.109 e. The van der Waals surface area contributed by atoms with Crippen LogP contribution >= 0.6 is 11.3 Å². The Labute approximate surface area is 110 Å². The van der Waals surface area contributed by atoms with Gasteiger partial charge in [-0.25, -0.2) is 4.98 Å². The van der Waals surface area contributed by atoms with Gasteiger partial charge < -0.3 is 5.32 Å². The van der Waals surface area contributed by atoms with Gasteiger partial charge in [-0.1, -0.05) is 51.9 Å². The number of thiazole rings is 1. The molecule has 17 heavy (non-hydrogen) atoms. The summed E-state index contributed by atoms with van der Waals surface area (Å²) < 4.78 is 0. The van der Waals surface area contributed by atoms with Crippen molar-refractivity contribution in [3.8, 4) is 0 Å². The predicted molar refractivity (Wildman–Crippen MR) is 76.5 cm³/mol. The van der Waals surface area contributed by atoms with Gasteiger partial charge in [0.05, 0.1) is 6.04 Å². The van der Waals surface area contributed by atoms with Gasteiger partial charge in [0.2, 0.25) is 0 Å². The number of hydrogen-bond acceptors (Lipinski definition) is 3. The van der Waals surface area contributed by atoms with Crippen molar-refractivity contribution in [3.63, 3.8) is 0 Å². The van der Waals surface area contributed by atoms with E-state index in [2.05, 4.69) is 22.6 Å². The van der Waals surface area contributed by atoms with Crippen LogP contribution in [-0.2, 0) is 0 Å². The van der Waals surface area contributed by atoms with Gasteiger partial charge in [0, 0.05) is 11.6 Å². The lowest BCUT2D eigenvalue weighted by Gasteiger charge is -2.12. The van der Waals surface area contributed by atoms with Gasteiger partial charge in [0.15, 0.2) is 0 Å². The van der Waals surface area contributed by atoms with Crippen molar-refractivity contribution in [2.45, 2.75) is 64.3 Å². The molecule has 0 bridgehead atoms. The Morgan fingerprint density at radius 1 is 1.18 bits per heavy atom. The van der Waals surface area contributed by atoms with E-state index in [1.54, 1.807) is 11.3 Å². The highest BCUT2D eigenvalue weighted by Crippen LogP contribution is 2.21. The molecule has 0 aliphatic carbocycles. The normalized spacial score (nSPS) is 12.8. The third-order valence-corrected chi connectivity index (χ3v) is 4.08. The molecule has 98 valence electrons. The first-order chi connectivity index (χ1) is 8.38. The van der Waals surface area contributed by atoms with Gasteiger partial charge in [-0.15, -0.1) is 11.3 Å². The minimum atomic E-state index is 0.464. The predicted octanol–water partition coefficient (Wildman–Crippen LogP) is 4.54. The van der Waals surface area contributed by atoms with Crippen molar-refractivity contribution in [3.05, 3.63) is 16.6 Å². The molecule has 1 atom stereocenters. The molecule has 2 nitrogen and oxygen atoms in total. The van der Waals surface area contributed by atoms with Gasteiger partial charge >= 0.3 is 0 Å². The van der Waals surface area contributed by atoms with E-state index in [-0.39, 0.29) is 0 Å². The van der Waals surface area contributed by atoms with E-state index in [1.807, 2.05) is 13.2 Å². The fraction of sp³-hybridized carbons (Fsp3) is 0.786. The van der Waals surface area contributed by atoms with Crippen molar-refractivity contribution in [1.82, 2.24) is 10.3 Å². The van der Waals surface area contributed by atoms with Gasteiger partial charge in [-0.3, -0.25) is 0 Å². The molecule has 0 saturated carbocycles. The zero-order valence-corrected chi connectivity index (χ0v) is 12.1. The van der Waals surface area contributed by atoms with Crippen molar-refractivity contribution in [2.75, 3.05) is 7.05 Å². The van der Waals surface area contributed by atoms with Gasteiger partial charge in [-0.05, 0) is 13.5 Å². The summed E-state index contributed by atoms with van der Waals surface area (Å²) in [6.07, 6.45) is 12.8. The van der Waals surface area contributed by atoms with E-state index in [0.29, 0.717) is 6.04 Å². The van der Waals surface area contributed by atoms with Crippen LogP contribution in [0.15, 0.2) is 11.6 Å². The van der Waals surface area contributed by atoms with Crippen LogP contribution in [0, 0.1) is 0 Å². The standard InChI is InChI=1S/C14H26N2S/c1-3-4-5-6-7-8-9-10-13(15-2)14-16-11-12-17-14/h11-13,15H,3-10H2,1-2H3. The lowest BCUT2D eigenvalue weighted by molar-refractivity contribution is 0.494. The molecule has 0 spiro atoms. The van der Waals surface area contributed by atoms with E-state index in [1.165, 1.54) is 56.4 Å². The highest BCUT2D eigenvalue weighted by Gasteiger charge is 2.10. The molecule has 1 N–H and O–H groups in total. The van der Waals surface area contributed by atoms with Crippen molar-refractivity contribution in [2.24, 2.45) is 0 Å². The Kier molecular flexibility index (Phi) is 8.28. The first kappa shape index (κ1) is 14.7. The summed E-state index contributed by atoms with van der Waals surface area (Å²) in [5.41, 5.74) is 0. The topological polar surface area (TPSA) is 24.9 Å². The Morgan fingerprint density at radius 2 is 1.88 bits per heavy atom. The second-order valence-electron chi connectivity index (χ2n) is 4.62. The summed E-state index contributed by atoms with van der Waals surface area (Å²) in [6.45, 7) is 2.27. The van der Waals surface area contributed by atoms with Crippen LogP contribution in [0.4, 0.5) is 0 Å². The Balaban J connectivity index is 2.04. The van der Waals surface area contributed by atoms with E-state index in [0.717, 1.165) is 0 Å².